The molecule has 138 valence electrons. The van der Waals surface area contributed by atoms with Crippen molar-refractivity contribution in [1.29, 1.82) is 0 Å². The molecule has 0 atom stereocenters. The van der Waals surface area contributed by atoms with E-state index in [1.54, 1.807) is 41.3 Å². The number of amides is 1. The second-order valence-electron chi connectivity index (χ2n) is 6.18. The fourth-order valence-corrected chi connectivity index (χ4v) is 4.08. The maximum absolute atomic E-state index is 12.7. The highest BCUT2D eigenvalue weighted by Crippen LogP contribution is 2.25. The number of ether oxygens (including phenoxy) is 1. The first kappa shape index (κ1) is 18.3. The fraction of sp³-hybridized carbons (Fsp3) is 0.316. The molecule has 0 saturated carbocycles. The Morgan fingerprint density at radius 3 is 2.54 bits per heavy atom. The van der Waals surface area contributed by atoms with Crippen molar-refractivity contribution < 1.29 is 17.9 Å². The number of nitrogens with zero attached hydrogens (tertiary/aromatic N) is 1. The lowest BCUT2D eigenvalue weighted by atomic mass is 10.00. The SMILES string of the molecule is CCOc1ccc(NS(=O)(=O)c2ccc3c(c2)CN(C(C)=O)CC3)cc1. The fourth-order valence-electron chi connectivity index (χ4n) is 2.97. The summed E-state index contributed by atoms with van der Waals surface area (Å²) in [6, 6.07) is 11.9. The molecule has 2 aromatic carbocycles. The van der Waals surface area contributed by atoms with Crippen molar-refractivity contribution in [3.8, 4) is 5.75 Å². The van der Waals surface area contributed by atoms with E-state index in [4.69, 9.17) is 4.74 Å². The molecule has 26 heavy (non-hydrogen) atoms. The molecule has 0 aliphatic carbocycles. The van der Waals surface area contributed by atoms with Gasteiger partial charge in [-0.05, 0) is 60.9 Å². The second kappa shape index (κ2) is 7.37. The molecule has 7 heteroatoms. The third-order valence-electron chi connectivity index (χ3n) is 4.36. The number of carbonyl (C=O) groups is 1. The highest BCUT2D eigenvalue weighted by atomic mass is 32.2. The summed E-state index contributed by atoms with van der Waals surface area (Å²) in [6.45, 7) is 5.08. The average Bonchev–Trinajstić information content (AvgIpc) is 2.62. The minimum atomic E-state index is -3.70. The van der Waals surface area contributed by atoms with Gasteiger partial charge in [0.25, 0.3) is 10.0 Å². The normalized spacial score (nSPS) is 13.8. The molecule has 3 rings (SSSR count). The van der Waals surface area contributed by atoms with Gasteiger partial charge < -0.3 is 9.64 Å². The van der Waals surface area contributed by atoms with Gasteiger partial charge in [-0.1, -0.05) is 6.07 Å². The summed E-state index contributed by atoms with van der Waals surface area (Å²) < 4.78 is 33.3. The van der Waals surface area contributed by atoms with Gasteiger partial charge in [-0.25, -0.2) is 8.42 Å². The van der Waals surface area contributed by atoms with Crippen LogP contribution in [0.3, 0.4) is 0 Å². The first-order valence-electron chi connectivity index (χ1n) is 8.52. The number of anilines is 1. The van der Waals surface area contributed by atoms with Crippen LogP contribution in [-0.2, 0) is 27.8 Å². The number of nitrogens with one attached hydrogen (secondary N) is 1. The molecule has 0 radical (unpaired) electrons. The van der Waals surface area contributed by atoms with Crippen LogP contribution >= 0.6 is 0 Å². The van der Waals surface area contributed by atoms with Gasteiger partial charge in [-0.3, -0.25) is 9.52 Å². The summed E-state index contributed by atoms with van der Waals surface area (Å²) in [5, 5.41) is 0. The lowest BCUT2D eigenvalue weighted by molar-refractivity contribution is -0.129. The van der Waals surface area contributed by atoms with Crippen molar-refractivity contribution >= 4 is 21.6 Å². The summed E-state index contributed by atoms with van der Waals surface area (Å²) in [4.78, 5) is 13.5. The Morgan fingerprint density at radius 2 is 1.88 bits per heavy atom. The van der Waals surface area contributed by atoms with E-state index in [-0.39, 0.29) is 10.8 Å². The lowest BCUT2D eigenvalue weighted by Gasteiger charge is -2.28. The number of benzene rings is 2. The van der Waals surface area contributed by atoms with E-state index < -0.39 is 10.0 Å². The zero-order valence-electron chi connectivity index (χ0n) is 14.9. The number of carbonyl (C=O) groups excluding carboxylic acids is 1. The average molecular weight is 374 g/mol. The van der Waals surface area contributed by atoms with Gasteiger partial charge in [-0.15, -0.1) is 0 Å². The summed E-state index contributed by atoms with van der Waals surface area (Å²) in [7, 11) is -3.70. The van der Waals surface area contributed by atoms with Crippen LogP contribution in [0.4, 0.5) is 5.69 Å². The van der Waals surface area contributed by atoms with Gasteiger partial charge in [0.2, 0.25) is 5.91 Å². The van der Waals surface area contributed by atoms with Crippen molar-refractivity contribution in [3.05, 3.63) is 53.6 Å². The van der Waals surface area contributed by atoms with Crippen molar-refractivity contribution in [3.63, 3.8) is 0 Å². The molecule has 1 heterocycles. The Labute approximate surface area is 153 Å². The van der Waals surface area contributed by atoms with Crippen molar-refractivity contribution in [2.75, 3.05) is 17.9 Å². The van der Waals surface area contributed by atoms with Crippen LogP contribution in [0.2, 0.25) is 0 Å². The van der Waals surface area contributed by atoms with Crippen molar-refractivity contribution in [1.82, 2.24) is 4.90 Å². The maximum atomic E-state index is 12.7. The lowest BCUT2D eigenvalue weighted by Crippen LogP contribution is -2.34. The zero-order valence-corrected chi connectivity index (χ0v) is 15.7. The van der Waals surface area contributed by atoms with Gasteiger partial charge in [0, 0.05) is 25.7 Å². The Balaban J connectivity index is 1.81. The minimum Gasteiger partial charge on any atom is -0.494 e. The quantitative estimate of drug-likeness (QED) is 0.873. The predicted octanol–water partition coefficient (Wildman–Crippen LogP) is 2.79. The maximum Gasteiger partial charge on any atom is 0.261 e. The Hall–Kier alpha value is -2.54. The van der Waals surface area contributed by atoms with Crippen LogP contribution in [0.1, 0.15) is 25.0 Å². The first-order valence-corrected chi connectivity index (χ1v) is 10.0. The molecule has 2 aromatic rings. The van der Waals surface area contributed by atoms with E-state index in [9.17, 15) is 13.2 Å². The van der Waals surface area contributed by atoms with Gasteiger partial charge in [0.1, 0.15) is 5.75 Å². The zero-order chi connectivity index (χ0) is 18.7. The Kier molecular flexibility index (Phi) is 5.18. The summed E-state index contributed by atoms with van der Waals surface area (Å²) >= 11 is 0. The number of hydrogen-bond acceptors (Lipinski definition) is 4. The second-order valence-corrected chi connectivity index (χ2v) is 7.87. The first-order chi connectivity index (χ1) is 12.4. The van der Waals surface area contributed by atoms with E-state index in [1.807, 2.05) is 13.0 Å². The minimum absolute atomic E-state index is 0.00331. The van der Waals surface area contributed by atoms with Crippen LogP contribution in [0.15, 0.2) is 47.4 Å². The monoisotopic (exact) mass is 374 g/mol. The molecule has 1 N–H and O–H groups in total. The van der Waals surface area contributed by atoms with Gasteiger partial charge in [0.05, 0.1) is 11.5 Å². The van der Waals surface area contributed by atoms with Crippen LogP contribution < -0.4 is 9.46 Å². The predicted molar refractivity (Wildman–Crippen MR) is 99.7 cm³/mol. The van der Waals surface area contributed by atoms with Crippen molar-refractivity contribution in [2.24, 2.45) is 0 Å². The van der Waals surface area contributed by atoms with E-state index in [1.165, 1.54) is 6.92 Å². The number of fused-ring (bicyclic) bond motifs is 1. The smallest absolute Gasteiger partial charge is 0.261 e. The highest BCUT2D eigenvalue weighted by Gasteiger charge is 2.21. The summed E-state index contributed by atoms with van der Waals surface area (Å²) in [6.07, 6.45) is 0.738. The molecule has 0 fully saturated rings. The number of sulfonamides is 1. The van der Waals surface area contributed by atoms with E-state index in [0.29, 0.717) is 31.1 Å². The standard InChI is InChI=1S/C19H22N2O4S/c1-3-25-18-7-5-17(6-8-18)20-26(23,24)19-9-4-15-10-11-21(14(2)22)13-16(15)12-19/h4-9,12,20H,3,10-11,13H2,1-2H3. The van der Waals surface area contributed by atoms with E-state index in [0.717, 1.165) is 17.5 Å². The highest BCUT2D eigenvalue weighted by molar-refractivity contribution is 7.92. The largest absolute Gasteiger partial charge is 0.494 e. The molecule has 6 nitrogen and oxygen atoms in total. The van der Waals surface area contributed by atoms with Gasteiger partial charge in [0.15, 0.2) is 0 Å². The van der Waals surface area contributed by atoms with Gasteiger partial charge >= 0.3 is 0 Å². The molecule has 0 unspecified atom stereocenters. The molecular formula is C19H22N2O4S. The number of rotatable bonds is 5. The molecular weight excluding hydrogens is 352 g/mol. The van der Waals surface area contributed by atoms with Crippen LogP contribution in [0, 0.1) is 0 Å². The molecule has 0 saturated heterocycles. The summed E-state index contributed by atoms with van der Waals surface area (Å²) in [5.41, 5.74) is 2.43. The van der Waals surface area contributed by atoms with E-state index >= 15 is 0 Å². The number of hydrogen-bond donors (Lipinski definition) is 1. The summed E-state index contributed by atoms with van der Waals surface area (Å²) in [5.74, 6) is 0.685. The third kappa shape index (κ3) is 3.99. The topological polar surface area (TPSA) is 75.7 Å². The Bertz CT molecular complexity index is 908. The molecule has 0 spiro atoms. The van der Waals surface area contributed by atoms with E-state index in [2.05, 4.69) is 4.72 Å². The Morgan fingerprint density at radius 1 is 1.15 bits per heavy atom. The van der Waals surface area contributed by atoms with Crippen LogP contribution in [0.25, 0.3) is 0 Å². The molecule has 1 aliphatic rings. The van der Waals surface area contributed by atoms with Crippen molar-refractivity contribution in [2.45, 2.75) is 31.7 Å². The molecule has 0 bridgehead atoms. The van der Waals surface area contributed by atoms with Crippen LogP contribution in [0.5, 0.6) is 5.75 Å². The van der Waals surface area contributed by atoms with Gasteiger partial charge in [-0.2, -0.15) is 0 Å². The molecule has 1 amide bonds. The van der Waals surface area contributed by atoms with Crippen LogP contribution in [-0.4, -0.2) is 32.4 Å². The molecule has 0 aromatic heterocycles. The molecule has 1 aliphatic heterocycles. The third-order valence-corrected chi connectivity index (χ3v) is 5.74.